The lowest BCUT2D eigenvalue weighted by molar-refractivity contribution is 0.602. The molecule has 1 aliphatic heterocycles. The topological polar surface area (TPSA) is 27.6 Å². The third-order valence-corrected chi connectivity index (χ3v) is 4.60. The molecular weight excluding hydrogens is 217 g/mol. The van der Waals surface area contributed by atoms with Gasteiger partial charge in [-0.2, -0.15) is 5.10 Å². The molecule has 86 valence electrons. The van der Waals surface area contributed by atoms with Gasteiger partial charge in [0.1, 0.15) is 8.22 Å². The van der Waals surface area contributed by atoms with Crippen LogP contribution in [0.3, 0.4) is 0 Å². The van der Waals surface area contributed by atoms with E-state index in [0.717, 1.165) is 5.84 Å². The van der Waals surface area contributed by atoms with Gasteiger partial charge in [0.15, 0.2) is 5.84 Å². The van der Waals surface area contributed by atoms with Crippen LogP contribution in [-0.4, -0.2) is 23.8 Å². The van der Waals surface area contributed by atoms with E-state index >= 15 is 0 Å². The first-order valence-corrected chi connectivity index (χ1v) is 7.21. The molecule has 1 atom stereocenters. The normalized spacial score (nSPS) is 19.5. The monoisotopic (exact) mass is 235 g/mol. The Morgan fingerprint density at radius 3 is 2.75 bits per heavy atom. The van der Waals surface area contributed by atoms with Crippen LogP contribution in [-0.2, 0) is 0 Å². The molecule has 0 fully saturated rings. The van der Waals surface area contributed by atoms with E-state index in [0.29, 0.717) is 0 Å². The first-order valence-electron chi connectivity index (χ1n) is 5.73. The number of hydrogen-bond acceptors (Lipinski definition) is 3. The van der Waals surface area contributed by atoms with Crippen molar-refractivity contribution in [3.8, 4) is 0 Å². The van der Waals surface area contributed by atoms with Crippen LogP contribution in [0, 0.1) is 0 Å². The fourth-order valence-electron chi connectivity index (χ4n) is 1.64. The predicted octanol–water partition coefficient (Wildman–Crippen LogP) is 3.00. The van der Waals surface area contributed by atoms with E-state index in [9.17, 15) is 0 Å². The van der Waals surface area contributed by atoms with Gasteiger partial charge < -0.3 is 5.09 Å². The third kappa shape index (κ3) is 2.53. The highest BCUT2D eigenvalue weighted by Gasteiger charge is 2.22. The van der Waals surface area contributed by atoms with Gasteiger partial charge in [-0.05, 0) is 6.42 Å². The number of hydrogen-bond donors (Lipinski definition) is 1. The molecular formula is C12H18N3P. The second-order valence-electron chi connectivity index (χ2n) is 3.89. The Bertz CT molecular complexity index is 364. The lowest BCUT2D eigenvalue weighted by Gasteiger charge is -2.17. The zero-order chi connectivity index (χ0) is 11.4. The minimum Gasteiger partial charge on any atom is -0.329 e. The highest BCUT2D eigenvalue weighted by Crippen LogP contribution is 2.40. The summed E-state index contributed by atoms with van der Waals surface area (Å²) in [5, 5.41) is 8.09. The molecule has 0 aromatic heterocycles. The Labute approximate surface area is 98.4 Å². The SMILES string of the molecule is CCCCP1NC(c2ccccc2)=NN1C. The predicted molar refractivity (Wildman–Crippen MR) is 70.6 cm³/mol. The van der Waals surface area contributed by atoms with Gasteiger partial charge in [0, 0.05) is 18.8 Å². The van der Waals surface area contributed by atoms with Crippen molar-refractivity contribution in [2.45, 2.75) is 19.8 Å². The molecule has 0 bridgehead atoms. The Morgan fingerprint density at radius 1 is 1.31 bits per heavy atom. The Morgan fingerprint density at radius 2 is 2.06 bits per heavy atom. The molecule has 1 heterocycles. The zero-order valence-corrected chi connectivity index (χ0v) is 10.7. The molecule has 0 radical (unpaired) electrons. The first kappa shape index (κ1) is 11.4. The molecule has 0 saturated carbocycles. The standard InChI is InChI=1S/C12H18N3P/c1-3-4-10-16-14-12(13-15(16)2)11-8-6-5-7-9-11/h5-9H,3-4,10H2,1-2H3,(H,13,14). The summed E-state index contributed by atoms with van der Waals surface area (Å²) in [6.07, 6.45) is 3.72. The molecule has 1 aromatic carbocycles. The second kappa shape index (κ2) is 5.31. The fraction of sp³-hybridized carbons (Fsp3) is 0.417. The van der Waals surface area contributed by atoms with Gasteiger partial charge in [-0.1, -0.05) is 43.7 Å². The van der Waals surface area contributed by atoms with Crippen molar-refractivity contribution in [3.63, 3.8) is 0 Å². The molecule has 1 aliphatic rings. The number of amidine groups is 1. The number of nitrogens with zero attached hydrogens (tertiary/aromatic N) is 2. The summed E-state index contributed by atoms with van der Waals surface area (Å²) >= 11 is 0. The van der Waals surface area contributed by atoms with Crippen LogP contribution in [0.5, 0.6) is 0 Å². The summed E-state index contributed by atoms with van der Waals surface area (Å²) in [5.74, 6) is 1.02. The van der Waals surface area contributed by atoms with Crippen molar-refractivity contribution >= 4 is 14.1 Å². The average molecular weight is 235 g/mol. The van der Waals surface area contributed by atoms with Crippen LogP contribution >= 0.6 is 8.22 Å². The molecule has 0 spiro atoms. The number of benzene rings is 1. The van der Waals surface area contributed by atoms with Gasteiger partial charge in [0.2, 0.25) is 0 Å². The van der Waals surface area contributed by atoms with Crippen LogP contribution in [0.25, 0.3) is 0 Å². The van der Waals surface area contributed by atoms with Crippen molar-refractivity contribution in [3.05, 3.63) is 35.9 Å². The third-order valence-electron chi connectivity index (χ3n) is 2.60. The molecule has 3 nitrogen and oxygen atoms in total. The fourth-order valence-corrected chi connectivity index (χ4v) is 3.42. The van der Waals surface area contributed by atoms with Crippen molar-refractivity contribution in [2.24, 2.45) is 5.10 Å². The Balaban J connectivity index is 2.02. The number of rotatable bonds is 4. The summed E-state index contributed by atoms with van der Waals surface area (Å²) in [6.45, 7) is 2.23. The van der Waals surface area contributed by atoms with Crippen LogP contribution in [0.4, 0.5) is 0 Å². The zero-order valence-electron chi connectivity index (χ0n) is 9.85. The summed E-state index contributed by atoms with van der Waals surface area (Å²) < 4.78 is 2.09. The van der Waals surface area contributed by atoms with E-state index in [1.54, 1.807) is 0 Å². The molecule has 2 rings (SSSR count). The second-order valence-corrected chi connectivity index (χ2v) is 5.94. The Hall–Kier alpha value is -1.08. The van der Waals surface area contributed by atoms with Crippen LogP contribution < -0.4 is 5.09 Å². The largest absolute Gasteiger partial charge is 0.329 e. The summed E-state index contributed by atoms with van der Waals surface area (Å²) in [7, 11) is 1.76. The molecule has 16 heavy (non-hydrogen) atoms. The lowest BCUT2D eigenvalue weighted by atomic mass is 10.2. The first-order chi connectivity index (χ1) is 7.81. The van der Waals surface area contributed by atoms with Crippen molar-refractivity contribution in [1.82, 2.24) is 9.87 Å². The highest BCUT2D eigenvalue weighted by molar-refractivity contribution is 7.54. The minimum absolute atomic E-state index is 0.296. The number of nitrogens with one attached hydrogen (secondary N) is 1. The van der Waals surface area contributed by atoms with Crippen LogP contribution in [0.1, 0.15) is 25.3 Å². The summed E-state index contributed by atoms with van der Waals surface area (Å²) in [6, 6.07) is 10.3. The van der Waals surface area contributed by atoms with E-state index in [1.165, 1.54) is 24.6 Å². The highest BCUT2D eigenvalue weighted by atomic mass is 31.1. The quantitative estimate of drug-likeness (QED) is 0.812. The van der Waals surface area contributed by atoms with Crippen molar-refractivity contribution in [1.29, 1.82) is 0 Å². The smallest absolute Gasteiger partial charge is 0.158 e. The van der Waals surface area contributed by atoms with Gasteiger partial charge in [-0.15, -0.1) is 0 Å². The average Bonchev–Trinajstić information content (AvgIpc) is 2.69. The van der Waals surface area contributed by atoms with Crippen LogP contribution in [0.15, 0.2) is 35.4 Å². The summed E-state index contributed by atoms with van der Waals surface area (Å²) in [5.41, 5.74) is 1.18. The van der Waals surface area contributed by atoms with Gasteiger partial charge in [0.25, 0.3) is 0 Å². The van der Waals surface area contributed by atoms with Crippen molar-refractivity contribution < 1.29 is 0 Å². The number of unbranched alkanes of at least 4 members (excludes halogenated alkanes) is 1. The van der Waals surface area contributed by atoms with Crippen molar-refractivity contribution in [2.75, 3.05) is 13.2 Å². The van der Waals surface area contributed by atoms with Gasteiger partial charge in [-0.25, -0.2) is 0 Å². The molecule has 4 heteroatoms. The summed E-state index contributed by atoms with van der Waals surface area (Å²) in [4.78, 5) is 0. The van der Waals surface area contributed by atoms with E-state index in [1.807, 2.05) is 18.2 Å². The number of hydrazone groups is 1. The van der Waals surface area contributed by atoms with Gasteiger partial charge in [0.05, 0.1) is 0 Å². The molecule has 1 N–H and O–H groups in total. The maximum atomic E-state index is 4.56. The molecule has 0 saturated heterocycles. The lowest BCUT2D eigenvalue weighted by Crippen LogP contribution is -2.16. The Kier molecular flexibility index (Phi) is 3.79. The van der Waals surface area contributed by atoms with Gasteiger partial charge in [-0.3, -0.25) is 4.78 Å². The molecule has 0 aliphatic carbocycles. The van der Waals surface area contributed by atoms with E-state index < -0.39 is 0 Å². The molecule has 1 unspecified atom stereocenters. The van der Waals surface area contributed by atoms with Gasteiger partial charge >= 0.3 is 0 Å². The van der Waals surface area contributed by atoms with E-state index in [2.05, 4.69) is 41.1 Å². The van der Waals surface area contributed by atoms with E-state index in [4.69, 9.17) is 0 Å². The van der Waals surface area contributed by atoms with E-state index in [-0.39, 0.29) is 8.22 Å². The minimum atomic E-state index is -0.296. The molecule has 1 aromatic rings. The molecule has 0 amide bonds. The maximum absolute atomic E-state index is 4.56. The van der Waals surface area contributed by atoms with Crippen LogP contribution in [0.2, 0.25) is 0 Å². The maximum Gasteiger partial charge on any atom is 0.158 e.